The van der Waals surface area contributed by atoms with Crippen molar-refractivity contribution in [2.24, 2.45) is 5.92 Å². The molecule has 1 atom stereocenters. The predicted octanol–water partition coefficient (Wildman–Crippen LogP) is 2.78. The molecule has 230 valence electrons. The summed E-state index contributed by atoms with van der Waals surface area (Å²) in [6.07, 6.45) is 2.76. The summed E-state index contributed by atoms with van der Waals surface area (Å²) in [5.74, 6) is 0.173. The van der Waals surface area contributed by atoms with Gasteiger partial charge in [0, 0.05) is 42.7 Å². The van der Waals surface area contributed by atoms with Crippen LogP contribution in [0.2, 0.25) is 0 Å². The van der Waals surface area contributed by atoms with Crippen molar-refractivity contribution in [3.8, 4) is 17.3 Å². The first-order valence-corrected chi connectivity index (χ1v) is 15.8. The molecule has 0 spiro atoms. The summed E-state index contributed by atoms with van der Waals surface area (Å²) < 4.78 is 66.7. The quantitative estimate of drug-likeness (QED) is 0.260. The number of methoxy groups -OCH3 is 1. The summed E-state index contributed by atoms with van der Waals surface area (Å²) in [6, 6.07) is 8.11. The summed E-state index contributed by atoms with van der Waals surface area (Å²) in [7, 11) is -2.75. The van der Waals surface area contributed by atoms with Gasteiger partial charge in [0.15, 0.2) is 5.88 Å². The largest absolute Gasteiger partial charge is 0.482 e. The minimum atomic E-state index is -4.27. The van der Waals surface area contributed by atoms with E-state index >= 15 is 0 Å². The fourth-order valence-corrected chi connectivity index (χ4v) is 6.19. The zero-order valence-electron chi connectivity index (χ0n) is 24.0. The number of amides is 1. The smallest absolute Gasteiger partial charge is 0.329 e. The lowest BCUT2D eigenvalue weighted by molar-refractivity contribution is 0.0734. The number of imidazole rings is 1. The molecule has 1 aliphatic heterocycles. The van der Waals surface area contributed by atoms with E-state index in [0.717, 1.165) is 31.3 Å². The molecule has 4 aromatic rings. The molecule has 0 unspecified atom stereocenters. The molecule has 2 N–H and O–H groups in total. The number of nitrogens with one attached hydrogen (secondary N) is 2. The first kappa shape index (κ1) is 29.3. The average molecular weight is 618 g/mol. The normalized spacial score (nSPS) is 17.6. The van der Waals surface area contributed by atoms with Crippen LogP contribution in [-0.2, 0) is 21.3 Å². The van der Waals surface area contributed by atoms with Gasteiger partial charge in [-0.3, -0.25) is 9.20 Å². The lowest BCUT2D eigenvalue weighted by atomic mass is 10.2. The molecule has 0 radical (unpaired) electrons. The number of rotatable bonds is 10. The third-order valence-electron chi connectivity index (χ3n) is 7.77. The summed E-state index contributed by atoms with van der Waals surface area (Å²) in [6.45, 7) is 1.47. The maximum absolute atomic E-state index is 13.8. The molecule has 5 heterocycles. The van der Waals surface area contributed by atoms with Gasteiger partial charge in [-0.05, 0) is 49.9 Å². The maximum atomic E-state index is 13.8. The second-order valence-electron chi connectivity index (χ2n) is 11.0. The highest BCUT2D eigenvalue weighted by molar-refractivity contribution is 7.92. The molecule has 6 rings (SSSR count). The number of aromatic nitrogens is 4. The summed E-state index contributed by atoms with van der Waals surface area (Å²) in [5, 5.41) is 6.90. The second kappa shape index (κ2) is 11.4. The summed E-state index contributed by atoms with van der Waals surface area (Å²) in [5.41, 5.74) is 3.31. The Hall–Kier alpha value is -3.82. The average Bonchev–Trinajstić information content (AvgIpc) is 3.64. The van der Waals surface area contributed by atoms with E-state index in [2.05, 4.69) is 15.6 Å². The maximum Gasteiger partial charge on any atom is 0.329 e. The number of morpholine rings is 1. The van der Waals surface area contributed by atoms with E-state index in [1.807, 2.05) is 22.0 Å². The number of aryl methyl sites for hydroxylation is 1. The number of carbonyl (C=O) groups is 1. The molecule has 43 heavy (non-hydrogen) atoms. The SMILES string of the molecule is COc1cc(C(=O)NC[C@H]2COCCN2)cc2nc(-c3cc4ccc(N(C(F)F)S(C)(=O)=O)nc4n3CC3CC3)c(C)n12. The van der Waals surface area contributed by atoms with Gasteiger partial charge < -0.3 is 24.7 Å². The topological polar surface area (TPSA) is 132 Å². The van der Waals surface area contributed by atoms with Gasteiger partial charge >= 0.3 is 6.55 Å². The first-order chi connectivity index (χ1) is 20.5. The number of pyridine rings is 2. The molecule has 1 aliphatic carbocycles. The highest BCUT2D eigenvalue weighted by Crippen LogP contribution is 2.38. The first-order valence-electron chi connectivity index (χ1n) is 14.0. The van der Waals surface area contributed by atoms with Crippen molar-refractivity contribution in [2.45, 2.75) is 38.9 Å². The number of anilines is 1. The molecule has 1 saturated carbocycles. The lowest BCUT2D eigenvalue weighted by Crippen LogP contribution is -2.48. The van der Waals surface area contributed by atoms with E-state index in [0.29, 0.717) is 71.7 Å². The zero-order chi connectivity index (χ0) is 30.5. The van der Waals surface area contributed by atoms with Gasteiger partial charge in [0.2, 0.25) is 10.0 Å². The van der Waals surface area contributed by atoms with Gasteiger partial charge in [0.05, 0.1) is 38.0 Å². The fourth-order valence-electron chi connectivity index (χ4n) is 5.46. The van der Waals surface area contributed by atoms with Crippen molar-refractivity contribution in [1.82, 2.24) is 29.6 Å². The summed E-state index contributed by atoms with van der Waals surface area (Å²) >= 11 is 0. The lowest BCUT2D eigenvalue weighted by Gasteiger charge is -2.23. The number of carbonyl (C=O) groups excluding carboxylic acids is 1. The van der Waals surface area contributed by atoms with Gasteiger partial charge in [-0.15, -0.1) is 0 Å². The molecule has 15 heteroatoms. The molecule has 0 aromatic carbocycles. The molecular weight excluding hydrogens is 584 g/mol. The Morgan fingerprint density at radius 3 is 2.70 bits per heavy atom. The van der Waals surface area contributed by atoms with Crippen LogP contribution < -0.4 is 19.7 Å². The molecule has 2 aliphatic rings. The molecule has 4 aromatic heterocycles. The van der Waals surface area contributed by atoms with E-state index in [1.165, 1.54) is 13.2 Å². The molecule has 12 nitrogen and oxygen atoms in total. The van der Waals surface area contributed by atoms with E-state index in [1.54, 1.807) is 18.2 Å². The van der Waals surface area contributed by atoms with Crippen molar-refractivity contribution >= 4 is 38.4 Å². The molecule has 1 amide bonds. The van der Waals surface area contributed by atoms with Gasteiger partial charge in [-0.25, -0.2) is 18.4 Å². The Kier molecular flexibility index (Phi) is 7.73. The standard InChI is InChI=1S/C28H33F2N7O5S/c1-16-25(33-23-11-19(12-24(41-2)36(16)23)27(38)32-13-20-15-42-9-8-31-20)21-10-18-6-7-22(37(28(29)30)43(3,39)40)34-26(18)35(21)14-17-4-5-17/h6-7,10-12,17,20,28,31H,4-5,8-9,13-15H2,1-3H3,(H,32,38)/t20-/m0/s1. The van der Waals surface area contributed by atoms with Gasteiger partial charge in [0.1, 0.15) is 22.8 Å². The van der Waals surface area contributed by atoms with Crippen LogP contribution in [0.15, 0.2) is 30.3 Å². The van der Waals surface area contributed by atoms with E-state index in [-0.39, 0.29) is 22.1 Å². The Balaban J connectivity index is 1.42. The monoisotopic (exact) mass is 617 g/mol. The van der Waals surface area contributed by atoms with E-state index < -0.39 is 16.6 Å². The van der Waals surface area contributed by atoms with Gasteiger partial charge in [0.25, 0.3) is 5.91 Å². The van der Waals surface area contributed by atoms with Crippen LogP contribution in [0.4, 0.5) is 14.6 Å². The van der Waals surface area contributed by atoms with Crippen molar-refractivity contribution in [1.29, 1.82) is 0 Å². The number of nitrogens with zero attached hydrogens (tertiary/aromatic N) is 5. The molecule has 0 bridgehead atoms. The number of hydrogen-bond donors (Lipinski definition) is 2. The zero-order valence-corrected chi connectivity index (χ0v) is 24.8. The van der Waals surface area contributed by atoms with Crippen LogP contribution in [0, 0.1) is 12.8 Å². The number of alkyl halides is 2. The van der Waals surface area contributed by atoms with Gasteiger partial charge in [-0.2, -0.15) is 13.1 Å². The van der Waals surface area contributed by atoms with Crippen LogP contribution in [0.3, 0.4) is 0 Å². The number of halogens is 2. The van der Waals surface area contributed by atoms with Crippen molar-refractivity contribution in [3.05, 3.63) is 41.6 Å². The van der Waals surface area contributed by atoms with Crippen LogP contribution in [0.1, 0.15) is 28.9 Å². The number of sulfonamides is 1. The molecular formula is C28H33F2N7O5S. The Bertz CT molecular complexity index is 1800. The van der Waals surface area contributed by atoms with Crippen LogP contribution in [0.25, 0.3) is 28.1 Å². The van der Waals surface area contributed by atoms with Crippen molar-refractivity contribution < 1.29 is 31.5 Å². The Morgan fingerprint density at radius 1 is 1.26 bits per heavy atom. The third-order valence-corrected chi connectivity index (χ3v) is 8.83. The van der Waals surface area contributed by atoms with E-state index in [9.17, 15) is 22.0 Å². The van der Waals surface area contributed by atoms with Crippen LogP contribution in [0.5, 0.6) is 5.88 Å². The van der Waals surface area contributed by atoms with Crippen molar-refractivity contribution in [2.75, 3.05) is 44.0 Å². The number of fused-ring (bicyclic) bond motifs is 2. The predicted molar refractivity (Wildman–Crippen MR) is 156 cm³/mol. The molecule has 1 saturated heterocycles. The van der Waals surface area contributed by atoms with Gasteiger partial charge in [-0.1, -0.05) is 0 Å². The van der Waals surface area contributed by atoms with Crippen LogP contribution >= 0.6 is 0 Å². The highest BCUT2D eigenvalue weighted by atomic mass is 32.2. The second-order valence-corrected chi connectivity index (χ2v) is 12.8. The third kappa shape index (κ3) is 5.76. The number of hydrogen-bond acceptors (Lipinski definition) is 8. The van der Waals surface area contributed by atoms with Crippen LogP contribution in [-0.4, -0.2) is 85.5 Å². The Labute approximate surface area is 247 Å². The summed E-state index contributed by atoms with van der Waals surface area (Å²) in [4.78, 5) is 22.4. The fraction of sp³-hybridized carbons (Fsp3) is 0.464. The minimum absolute atomic E-state index is 0.0194. The number of ether oxygens (including phenoxy) is 2. The molecule has 2 fully saturated rings. The minimum Gasteiger partial charge on any atom is -0.482 e. The Morgan fingerprint density at radius 2 is 2.05 bits per heavy atom. The van der Waals surface area contributed by atoms with E-state index in [4.69, 9.17) is 14.5 Å². The van der Waals surface area contributed by atoms with Crippen molar-refractivity contribution in [3.63, 3.8) is 0 Å². The highest BCUT2D eigenvalue weighted by Gasteiger charge is 2.30.